The van der Waals surface area contributed by atoms with E-state index in [1.54, 1.807) is 18.2 Å². The van der Waals surface area contributed by atoms with Gasteiger partial charge in [0.2, 0.25) is 0 Å². The lowest BCUT2D eigenvalue weighted by atomic mass is 10.2. The van der Waals surface area contributed by atoms with E-state index < -0.39 is 5.91 Å². The lowest BCUT2D eigenvalue weighted by Gasteiger charge is -2.01. The molecule has 4 heteroatoms. The Morgan fingerprint density at radius 3 is 2.85 bits per heavy atom. The van der Waals surface area contributed by atoms with Crippen LogP contribution in [0.3, 0.4) is 0 Å². The Labute approximate surface area is 74.8 Å². The Hall–Kier alpha value is -1.89. The summed E-state index contributed by atoms with van der Waals surface area (Å²) < 4.78 is 12.9. The van der Waals surface area contributed by atoms with E-state index in [1.165, 1.54) is 12.1 Å². The van der Waals surface area contributed by atoms with Crippen LogP contribution in [0, 0.1) is 17.1 Å². The highest BCUT2D eigenvalue weighted by molar-refractivity contribution is 5.91. The largest absolute Gasteiger partial charge is 0.339 e. The molecule has 13 heavy (non-hydrogen) atoms. The van der Waals surface area contributed by atoms with Gasteiger partial charge in [0.1, 0.15) is 5.82 Å². The summed E-state index contributed by atoms with van der Waals surface area (Å²) in [5.41, 5.74) is 0.367. The van der Waals surface area contributed by atoms with Crippen molar-refractivity contribution >= 4 is 5.91 Å². The van der Waals surface area contributed by atoms with Gasteiger partial charge in [-0.2, -0.15) is 5.26 Å². The molecule has 0 atom stereocenters. The van der Waals surface area contributed by atoms with Crippen molar-refractivity contribution in [1.29, 1.82) is 5.26 Å². The number of halogens is 1. The molecular formula is C9H7FN2O. The van der Waals surface area contributed by atoms with Gasteiger partial charge in [-0.15, -0.1) is 0 Å². The Balaban J connectivity index is 2.61. The monoisotopic (exact) mass is 178 g/mol. The third-order valence-electron chi connectivity index (χ3n) is 1.50. The normalized spacial score (nSPS) is 8.92. The van der Waals surface area contributed by atoms with Crippen LogP contribution < -0.4 is 5.32 Å². The Kier molecular flexibility index (Phi) is 2.98. The van der Waals surface area contributed by atoms with Crippen molar-refractivity contribution in [2.24, 2.45) is 0 Å². The van der Waals surface area contributed by atoms with Crippen molar-refractivity contribution in [3.63, 3.8) is 0 Å². The number of benzene rings is 1. The van der Waals surface area contributed by atoms with E-state index in [-0.39, 0.29) is 12.4 Å². The molecular weight excluding hydrogens is 171 g/mol. The first-order chi connectivity index (χ1) is 6.24. The zero-order chi connectivity index (χ0) is 9.68. The highest BCUT2D eigenvalue weighted by atomic mass is 19.1. The zero-order valence-electron chi connectivity index (χ0n) is 6.75. The Morgan fingerprint density at radius 1 is 1.54 bits per heavy atom. The highest BCUT2D eigenvalue weighted by Gasteiger charge is 2.01. The Morgan fingerprint density at radius 2 is 2.23 bits per heavy atom. The van der Waals surface area contributed by atoms with E-state index in [0.717, 1.165) is 0 Å². The molecule has 1 aromatic carbocycles. The fraction of sp³-hybridized carbons (Fsp3) is 0.111. The van der Waals surface area contributed by atoms with Crippen LogP contribution in [0.15, 0.2) is 24.3 Å². The Bertz CT molecular complexity index is 357. The lowest BCUT2D eigenvalue weighted by molar-refractivity contribution is -0.116. The highest BCUT2D eigenvalue weighted by Crippen LogP contribution is 2.04. The summed E-state index contributed by atoms with van der Waals surface area (Å²) in [5, 5.41) is 10.4. The van der Waals surface area contributed by atoms with Crippen molar-refractivity contribution in [3.05, 3.63) is 35.6 Å². The molecule has 1 N–H and O–H groups in total. The van der Waals surface area contributed by atoms with Crippen molar-refractivity contribution in [2.75, 3.05) is 0 Å². The van der Waals surface area contributed by atoms with Crippen molar-refractivity contribution in [2.45, 2.75) is 6.54 Å². The summed E-state index contributed by atoms with van der Waals surface area (Å²) in [6.07, 6.45) is 0. The van der Waals surface area contributed by atoms with Gasteiger partial charge in [-0.1, -0.05) is 18.2 Å². The molecule has 0 unspecified atom stereocenters. The predicted molar refractivity (Wildman–Crippen MR) is 43.9 cm³/mol. The molecule has 0 fully saturated rings. The molecule has 1 aromatic rings. The molecule has 0 spiro atoms. The average Bonchev–Trinajstić information content (AvgIpc) is 2.16. The van der Waals surface area contributed by atoms with Crippen molar-refractivity contribution in [3.8, 4) is 6.07 Å². The predicted octanol–water partition coefficient (Wildman–Crippen LogP) is 0.965. The number of hydrogen-bond donors (Lipinski definition) is 1. The van der Waals surface area contributed by atoms with Crippen LogP contribution in [-0.2, 0) is 11.3 Å². The van der Waals surface area contributed by atoms with E-state index in [9.17, 15) is 9.18 Å². The van der Waals surface area contributed by atoms with Crippen LogP contribution in [-0.4, -0.2) is 5.91 Å². The maximum atomic E-state index is 12.9. The maximum Gasteiger partial charge on any atom is 0.322 e. The van der Waals surface area contributed by atoms with E-state index in [4.69, 9.17) is 5.26 Å². The number of rotatable bonds is 2. The van der Waals surface area contributed by atoms with Crippen LogP contribution in [0.4, 0.5) is 4.39 Å². The SMILES string of the molecule is N#CC(=O)NCc1ccccc1F. The van der Waals surface area contributed by atoms with Gasteiger partial charge in [-0.05, 0) is 6.07 Å². The zero-order valence-corrected chi connectivity index (χ0v) is 6.75. The molecule has 0 bridgehead atoms. The van der Waals surface area contributed by atoms with E-state index >= 15 is 0 Å². The molecule has 0 radical (unpaired) electrons. The topological polar surface area (TPSA) is 52.9 Å². The second-order valence-electron chi connectivity index (χ2n) is 2.39. The van der Waals surface area contributed by atoms with Gasteiger partial charge in [-0.25, -0.2) is 4.39 Å². The molecule has 0 aromatic heterocycles. The van der Waals surface area contributed by atoms with Crippen LogP contribution in [0.1, 0.15) is 5.56 Å². The number of amides is 1. The van der Waals surface area contributed by atoms with Crippen LogP contribution >= 0.6 is 0 Å². The fourth-order valence-electron chi connectivity index (χ4n) is 0.857. The molecule has 0 aliphatic rings. The van der Waals surface area contributed by atoms with Gasteiger partial charge < -0.3 is 5.32 Å². The summed E-state index contributed by atoms with van der Waals surface area (Å²) in [5.74, 6) is -1.15. The number of nitrogens with one attached hydrogen (secondary N) is 1. The number of carbonyl (C=O) groups excluding carboxylic acids is 1. The summed E-state index contributed by atoms with van der Waals surface area (Å²) in [4.78, 5) is 10.5. The van der Waals surface area contributed by atoms with Gasteiger partial charge >= 0.3 is 5.91 Å². The minimum Gasteiger partial charge on any atom is -0.339 e. The van der Waals surface area contributed by atoms with Gasteiger partial charge in [0.05, 0.1) is 0 Å². The van der Waals surface area contributed by atoms with Crippen molar-refractivity contribution < 1.29 is 9.18 Å². The smallest absolute Gasteiger partial charge is 0.322 e. The van der Waals surface area contributed by atoms with E-state index in [2.05, 4.69) is 5.32 Å². The molecule has 1 rings (SSSR count). The van der Waals surface area contributed by atoms with Crippen LogP contribution in [0.5, 0.6) is 0 Å². The molecule has 0 saturated heterocycles. The number of nitrogens with zero attached hydrogens (tertiary/aromatic N) is 1. The fourth-order valence-corrected chi connectivity index (χ4v) is 0.857. The van der Waals surface area contributed by atoms with E-state index in [0.29, 0.717) is 5.56 Å². The summed E-state index contributed by atoms with van der Waals surface area (Å²) in [6.45, 7) is 0.0407. The first-order valence-corrected chi connectivity index (χ1v) is 3.65. The summed E-state index contributed by atoms with van der Waals surface area (Å²) in [7, 11) is 0. The molecule has 1 amide bonds. The quantitative estimate of drug-likeness (QED) is 0.686. The van der Waals surface area contributed by atoms with Gasteiger partial charge in [0.15, 0.2) is 6.07 Å². The average molecular weight is 178 g/mol. The molecule has 0 saturated carbocycles. The molecule has 0 aliphatic heterocycles. The second-order valence-corrected chi connectivity index (χ2v) is 2.39. The molecule has 0 heterocycles. The first kappa shape index (κ1) is 9.20. The van der Waals surface area contributed by atoms with Gasteiger partial charge in [0.25, 0.3) is 0 Å². The van der Waals surface area contributed by atoms with E-state index in [1.807, 2.05) is 0 Å². The number of nitriles is 1. The second kappa shape index (κ2) is 4.21. The van der Waals surface area contributed by atoms with Crippen LogP contribution in [0.25, 0.3) is 0 Å². The third kappa shape index (κ3) is 2.56. The molecule has 0 aliphatic carbocycles. The summed E-state index contributed by atoms with van der Waals surface area (Å²) in [6, 6.07) is 7.45. The first-order valence-electron chi connectivity index (χ1n) is 3.65. The summed E-state index contributed by atoms with van der Waals surface area (Å²) >= 11 is 0. The van der Waals surface area contributed by atoms with Gasteiger partial charge in [-0.3, -0.25) is 4.79 Å². The minimum atomic E-state index is -0.761. The molecule has 3 nitrogen and oxygen atoms in total. The standard InChI is InChI=1S/C9H7FN2O/c10-8-4-2-1-3-7(8)6-12-9(13)5-11/h1-4H,6H2,(H,12,13). The minimum absolute atomic E-state index is 0.0407. The van der Waals surface area contributed by atoms with Crippen molar-refractivity contribution in [1.82, 2.24) is 5.32 Å². The van der Waals surface area contributed by atoms with Crippen LogP contribution in [0.2, 0.25) is 0 Å². The third-order valence-corrected chi connectivity index (χ3v) is 1.50. The number of hydrogen-bond acceptors (Lipinski definition) is 2. The van der Waals surface area contributed by atoms with Gasteiger partial charge in [0, 0.05) is 12.1 Å². The lowest BCUT2D eigenvalue weighted by Crippen LogP contribution is -2.21. The number of carbonyl (C=O) groups is 1. The maximum absolute atomic E-state index is 12.9. The molecule has 66 valence electrons.